The molecule has 0 saturated heterocycles. The summed E-state index contributed by atoms with van der Waals surface area (Å²) in [4.78, 5) is 80.7. The number of benzodiazepines with no additional fused rings is 1. The van der Waals surface area contributed by atoms with Crippen molar-refractivity contribution in [3.05, 3.63) is 88.5 Å². The van der Waals surface area contributed by atoms with E-state index < -0.39 is 36.5 Å². The number of carbonyl (C=O) groups excluding carboxylic acids is 6. The maximum Gasteiger partial charge on any atom is 0.272 e. The van der Waals surface area contributed by atoms with E-state index in [4.69, 9.17) is 0 Å². The Balaban J connectivity index is 1.82. The molecular weight excluding hydrogens is 566 g/mol. The number of aldehydes is 1. The highest BCUT2D eigenvalue weighted by molar-refractivity contribution is 6.21. The molecule has 1 aliphatic rings. The number of anilines is 2. The lowest BCUT2D eigenvalue weighted by Crippen LogP contribution is -2.51. The number of hydrogen-bond acceptors (Lipinski definition) is 8. The van der Waals surface area contributed by atoms with E-state index in [2.05, 4.69) is 20.9 Å². The average molecular weight is 598 g/mol. The highest BCUT2D eigenvalue weighted by Gasteiger charge is 2.35. The number of nitrogens with zero attached hydrogens (tertiary/aromatic N) is 2. The number of aromatic hydroxyl groups is 1. The molecule has 3 aromatic rings. The molecule has 0 aliphatic carbocycles. The van der Waals surface area contributed by atoms with Crippen LogP contribution in [-0.4, -0.2) is 65.8 Å². The largest absolute Gasteiger partial charge is 0.507 e. The molecule has 226 valence electrons. The number of fused-ring (bicyclic) bond motifs is 1. The van der Waals surface area contributed by atoms with Crippen molar-refractivity contribution < 1.29 is 33.9 Å². The van der Waals surface area contributed by atoms with Crippen LogP contribution in [0.1, 0.15) is 46.0 Å². The number of ketones is 1. The summed E-state index contributed by atoms with van der Waals surface area (Å²) in [5.41, 5.74) is 3.03. The van der Waals surface area contributed by atoms with E-state index in [-0.39, 0.29) is 29.2 Å². The first-order valence-electron chi connectivity index (χ1n) is 13.7. The van der Waals surface area contributed by atoms with Crippen LogP contribution in [0.25, 0.3) is 0 Å². The number of aryl methyl sites for hydroxylation is 2. The molecule has 1 aliphatic heterocycles. The maximum absolute atomic E-state index is 14.1. The third kappa shape index (κ3) is 7.04. The van der Waals surface area contributed by atoms with Crippen LogP contribution in [-0.2, 0) is 24.0 Å². The first kappa shape index (κ1) is 31.3. The Morgan fingerprint density at radius 3 is 2.32 bits per heavy atom. The van der Waals surface area contributed by atoms with Crippen LogP contribution in [0.5, 0.6) is 5.75 Å². The molecule has 0 aromatic heterocycles. The molecule has 12 heteroatoms. The van der Waals surface area contributed by atoms with Crippen LogP contribution in [0.15, 0.2) is 65.7 Å². The molecule has 4 rings (SSSR count). The van der Waals surface area contributed by atoms with Crippen molar-refractivity contribution >= 4 is 53.3 Å². The monoisotopic (exact) mass is 597 g/mol. The molecule has 1 heterocycles. The summed E-state index contributed by atoms with van der Waals surface area (Å²) in [5, 5.41) is 17.8. The first-order valence-corrected chi connectivity index (χ1v) is 13.7. The molecular formula is C32H31N5O7. The van der Waals surface area contributed by atoms with E-state index in [9.17, 15) is 33.9 Å². The fourth-order valence-electron chi connectivity index (χ4n) is 4.86. The van der Waals surface area contributed by atoms with Gasteiger partial charge in [0.1, 0.15) is 24.4 Å². The summed E-state index contributed by atoms with van der Waals surface area (Å²) in [6.07, 6.45) is -0.788. The highest BCUT2D eigenvalue weighted by Crippen LogP contribution is 2.31. The Kier molecular flexibility index (Phi) is 9.64. The summed E-state index contributed by atoms with van der Waals surface area (Å²) in [6, 6.07) is 15.4. The molecule has 44 heavy (non-hydrogen) atoms. The Bertz CT molecular complexity index is 1650. The van der Waals surface area contributed by atoms with Gasteiger partial charge in [0.15, 0.2) is 0 Å². The molecule has 0 fully saturated rings. The van der Waals surface area contributed by atoms with Gasteiger partial charge in [-0.25, -0.2) is 4.99 Å². The lowest BCUT2D eigenvalue weighted by atomic mass is 9.99. The van der Waals surface area contributed by atoms with Crippen LogP contribution in [0.4, 0.5) is 11.4 Å². The van der Waals surface area contributed by atoms with Gasteiger partial charge in [-0.3, -0.25) is 28.9 Å². The van der Waals surface area contributed by atoms with E-state index in [1.54, 1.807) is 56.3 Å². The van der Waals surface area contributed by atoms with Gasteiger partial charge in [0.2, 0.25) is 18.5 Å². The van der Waals surface area contributed by atoms with Crippen molar-refractivity contribution in [2.24, 2.45) is 4.99 Å². The van der Waals surface area contributed by atoms with Crippen LogP contribution in [0.2, 0.25) is 0 Å². The first-order chi connectivity index (χ1) is 21.0. The minimum absolute atomic E-state index is 0.0438. The summed E-state index contributed by atoms with van der Waals surface area (Å²) < 4.78 is 0. The highest BCUT2D eigenvalue weighted by atomic mass is 16.3. The van der Waals surface area contributed by atoms with Crippen molar-refractivity contribution in [3.8, 4) is 5.75 Å². The SMILES string of the molecule is CC(=O)C[C@@H](C=O)NC(=O)CN1C(=O)C(NC(=O)c2cc(C)c(O)c(C)c2)N=C(c2ccccc2)c2cc(NC=O)ccc21. The van der Waals surface area contributed by atoms with Gasteiger partial charge in [-0.2, -0.15) is 0 Å². The van der Waals surface area contributed by atoms with E-state index in [1.807, 2.05) is 0 Å². The van der Waals surface area contributed by atoms with Crippen molar-refractivity contribution in [2.45, 2.75) is 39.4 Å². The normalized spacial score (nSPS) is 14.8. The summed E-state index contributed by atoms with van der Waals surface area (Å²) in [5.74, 6) is -2.39. The molecule has 0 radical (unpaired) electrons. The predicted molar refractivity (Wildman–Crippen MR) is 163 cm³/mol. The molecule has 4 N–H and O–H groups in total. The zero-order valence-electron chi connectivity index (χ0n) is 24.3. The van der Waals surface area contributed by atoms with Gasteiger partial charge in [0.25, 0.3) is 11.8 Å². The Hall–Kier alpha value is -5.65. The molecule has 3 aromatic carbocycles. The number of hydrogen-bond donors (Lipinski definition) is 4. The number of phenolic OH excluding ortho intramolecular Hbond substituents is 1. The summed E-state index contributed by atoms with van der Waals surface area (Å²) in [6.45, 7) is 4.00. The van der Waals surface area contributed by atoms with Crippen LogP contribution in [0.3, 0.4) is 0 Å². The number of phenols is 1. The van der Waals surface area contributed by atoms with Crippen LogP contribution < -0.4 is 20.9 Å². The number of rotatable bonds is 11. The topological polar surface area (TPSA) is 174 Å². The molecule has 0 saturated carbocycles. The van der Waals surface area contributed by atoms with Gasteiger partial charge in [-0.15, -0.1) is 0 Å². The minimum atomic E-state index is -1.51. The molecule has 12 nitrogen and oxygen atoms in total. The van der Waals surface area contributed by atoms with Gasteiger partial charge in [0, 0.05) is 28.8 Å². The third-order valence-electron chi connectivity index (χ3n) is 6.91. The van der Waals surface area contributed by atoms with Crippen molar-refractivity contribution in [1.29, 1.82) is 0 Å². The average Bonchev–Trinajstić information content (AvgIpc) is 3.10. The fourth-order valence-corrected chi connectivity index (χ4v) is 4.86. The van der Waals surface area contributed by atoms with E-state index in [0.29, 0.717) is 46.3 Å². The fraction of sp³-hybridized carbons (Fsp3) is 0.219. The number of carbonyl (C=O) groups is 6. The second-order valence-corrected chi connectivity index (χ2v) is 10.3. The van der Waals surface area contributed by atoms with Crippen LogP contribution >= 0.6 is 0 Å². The minimum Gasteiger partial charge on any atom is -0.507 e. The smallest absolute Gasteiger partial charge is 0.272 e. The molecule has 4 amide bonds. The lowest BCUT2D eigenvalue weighted by molar-refractivity contribution is -0.126. The third-order valence-corrected chi connectivity index (χ3v) is 6.91. The zero-order chi connectivity index (χ0) is 32.0. The molecule has 1 unspecified atom stereocenters. The number of benzene rings is 3. The second-order valence-electron chi connectivity index (χ2n) is 10.3. The quantitative estimate of drug-likeness (QED) is 0.245. The van der Waals surface area contributed by atoms with Crippen molar-refractivity contribution in [3.63, 3.8) is 0 Å². The van der Waals surface area contributed by atoms with E-state index >= 15 is 0 Å². The molecule has 0 spiro atoms. The number of nitrogens with one attached hydrogen (secondary N) is 3. The van der Waals surface area contributed by atoms with Gasteiger partial charge >= 0.3 is 0 Å². The van der Waals surface area contributed by atoms with Crippen molar-refractivity contribution in [2.75, 3.05) is 16.8 Å². The second kappa shape index (κ2) is 13.6. The van der Waals surface area contributed by atoms with E-state index in [1.165, 1.54) is 25.1 Å². The Morgan fingerprint density at radius 1 is 1.02 bits per heavy atom. The Morgan fingerprint density at radius 2 is 1.70 bits per heavy atom. The van der Waals surface area contributed by atoms with Gasteiger partial charge < -0.3 is 25.9 Å². The van der Waals surface area contributed by atoms with Gasteiger partial charge in [-0.1, -0.05) is 30.3 Å². The summed E-state index contributed by atoms with van der Waals surface area (Å²) in [7, 11) is 0. The number of amides is 4. The summed E-state index contributed by atoms with van der Waals surface area (Å²) >= 11 is 0. The zero-order valence-corrected chi connectivity index (χ0v) is 24.3. The van der Waals surface area contributed by atoms with Crippen molar-refractivity contribution in [1.82, 2.24) is 10.6 Å². The number of Topliss-reactive ketones (excluding diaryl/α,β-unsaturated/α-hetero) is 1. The predicted octanol–water partition coefficient (Wildman–Crippen LogP) is 2.18. The van der Waals surface area contributed by atoms with Gasteiger partial charge in [0.05, 0.1) is 17.4 Å². The van der Waals surface area contributed by atoms with Crippen LogP contribution in [0, 0.1) is 13.8 Å². The molecule has 2 atom stereocenters. The standard InChI is InChI=1S/C32H31N5O7/c1-18-11-22(12-19(2)29(18)42)31(43)36-30-32(44)37(15-27(41)34-24(16-38)13-20(3)40)26-10-9-23(33-17-39)14-25(26)28(35-30)21-7-5-4-6-8-21/h4-12,14,16-17,24,30,42H,13,15H2,1-3H3,(H,33,39)(H,34,41)(H,36,43)/t24-,30?/m0/s1. The number of aliphatic imine (C=N–C) groups is 1. The lowest BCUT2D eigenvalue weighted by Gasteiger charge is -2.26. The van der Waals surface area contributed by atoms with Gasteiger partial charge in [-0.05, 0) is 62.2 Å². The maximum atomic E-state index is 14.1. The molecule has 0 bridgehead atoms. The Labute approximate surface area is 253 Å². The van der Waals surface area contributed by atoms with E-state index in [0.717, 1.165) is 4.90 Å².